The van der Waals surface area contributed by atoms with E-state index in [-0.39, 0.29) is 16.8 Å². The van der Waals surface area contributed by atoms with Gasteiger partial charge in [0.05, 0.1) is 32.9 Å². The highest BCUT2D eigenvalue weighted by molar-refractivity contribution is 5.77. The molecular formula is C24H38NO3+. The molecule has 156 valence electrons. The van der Waals surface area contributed by atoms with Crippen LogP contribution in [0.15, 0.2) is 28.9 Å². The minimum atomic E-state index is -0.365. The second-order valence-electron chi connectivity index (χ2n) is 9.86. The first-order valence-electron chi connectivity index (χ1n) is 10.8. The van der Waals surface area contributed by atoms with Crippen molar-refractivity contribution in [3.63, 3.8) is 0 Å². The van der Waals surface area contributed by atoms with Gasteiger partial charge in [-0.1, -0.05) is 25.5 Å². The molecule has 2 aliphatic carbocycles. The lowest BCUT2D eigenvalue weighted by atomic mass is 9.46. The summed E-state index contributed by atoms with van der Waals surface area (Å²) in [5.41, 5.74) is 2.45. The summed E-state index contributed by atoms with van der Waals surface area (Å²) in [6.45, 7) is 9.93. The zero-order chi connectivity index (χ0) is 20.5. The number of furan rings is 1. The van der Waals surface area contributed by atoms with Crippen LogP contribution in [0.3, 0.4) is 0 Å². The Morgan fingerprint density at radius 1 is 1.36 bits per heavy atom. The normalized spacial score (nSPS) is 33.0. The van der Waals surface area contributed by atoms with Crippen molar-refractivity contribution in [2.45, 2.75) is 65.3 Å². The van der Waals surface area contributed by atoms with Crippen molar-refractivity contribution >= 4 is 5.97 Å². The average Bonchev–Trinajstić information content (AvgIpc) is 3.06. The maximum atomic E-state index is 12.7. The Labute approximate surface area is 170 Å². The number of esters is 1. The number of methoxy groups -OCH3 is 1. The summed E-state index contributed by atoms with van der Waals surface area (Å²) >= 11 is 0. The predicted octanol–water partition coefficient (Wildman–Crippen LogP) is 3.81. The lowest BCUT2D eigenvalue weighted by Crippen LogP contribution is -3.04. The largest absolute Gasteiger partial charge is 0.469 e. The number of rotatable bonds is 6. The molecule has 1 N–H and O–H groups in total. The van der Waals surface area contributed by atoms with Gasteiger partial charge in [0, 0.05) is 0 Å². The molecule has 0 aromatic carbocycles. The number of fused-ring (bicyclic) bond motifs is 1. The molecule has 2 fully saturated rings. The summed E-state index contributed by atoms with van der Waals surface area (Å²) in [6, 6.07) is 2.13. The second-order valence-corrected chi connectivity index (χ2v) is 9.86. The molecule has 1 heterocycles. The summed E-state index contributed by atoms with van der Waals surface area (Å²) in [5.74, 6) is 1.89. The molecule has 1 aromatic heterocycles. The van der Waals surface area contributed by atoms with Crippen molar-refractivity contribution in [1.29, 1.82) is 0 Å². The van der Waals surface area contributed by atoms with Gasteiger partial charge in [-0.3, -0.25) is 4.79 Å². The minimum absolute atomic E-state index is 0.0271. The number of carbonyl (C=O) groups is 1. The van der Waals surface area contributed by atoms with E-state index in [1.165, 1.54) is 29.6 Å². The summed E-state index contributed by atoms with van der Waals surface area (Å²) < 4.78 is 11.0. The molecule has 0 bridgehead atoms. The Balaban J connectivity index is 1.82. The number of aryl methyl sites for hydroxylation is 1. The Bertz CT molecular complexity index is 721. The zero-order valence-electron chi connectivity index (χ0n) is 18.4. The van der Waals surface area contributed by atoms with Gasteiger partial charge < -0.3 is 14.1 Å². The Kier molecular flexibility index (Phi) is 6.09. The second kappa shape index (κ2) is 8.06. The molecule has 0 amide bonds. The Morgan fingerprint density at radius 2 is 2.11 bits per heavy atom. The van der Waals surface area contributed by atoms with Gasteiger partial charge in [-0.05, 0) is 74.3 Å². The fourth-order valence-electron chi connectivity index (χ4n) is 6.33. The average molecular weight is 389 g/mol. The lowest BCUT2D eigenvalue weighted by molar-refractivity contribution is -0.873. The third-order valence-corrected chi connectivity index (χ3v) is 7.73. The molecule has 1 aromatic rings. The van der Waals surface area contributed by atoms with Crippen molar-refractivity contribution in [3.05, 3.63) is 35.8 Å². The van der Waals surface area contributed by atoms with Gasteiger partial charge in [0.2, 0.25) is 0 Å². The van der Waals surface area contributed by atoms with Crippen LogP contribution in [-0.2, 0) is 22.5 Å². The molecular weight excluding hydrogens is 350 g/mol. The van der Waals surface area contributed by atoms with E-state index in [2.05, 4.69) is 40.6 Å². The molecule has 4 heteroatoms. The van der Waals surface area contributed by atoms with E-state index < -0.39 is 0 Å². The van der Waals surface area contributed by atoms with Gasteiger partial charge in [0.25, 0.3) is 0 Å². The van der Waals surface area contributed by atoms with Crippen LogP contribution in [0.1, 0.15) is 63.7 Å². The van der Waals surface area contributed by atoms with Crippen molar-refractivity contribution in [2.75, 3.05) is 21.2 Å². The zero-order valence-corrected chi connectivity index (χ0v) is 18.4. The van der Waals surface area contributed by atoms with Crippen LogP contribution in [0.2, 0.25) is 0 Å². The molecule has 4 nitrogen and oxygen atoms in total. The third-order valence-electron chi connectivity index (χ3n) is 7.73. The molecule has 0 aliphatic heterocycles. The topological polar surface area (TPSA) is 43.9 Å². The number of hydrogen-bond donors (Lipinski definition) is 1. The van der Waals surface area contributed by atoms with E-state index in [0.717, 1.165) is 50.8 Å². The molecule has 2 saturated carbocycles. The first kappa shape index (κ1) is 21.2. The van der Waals surface area contributed by atoms with Crippen molar-refractivity contribution in [2.24, 2.45) is 22.7 Å². The quantitative estimate of drug-likeness (QED) is 0.595. The van der Waals surface area contributed by atoms with Crippen LogP contribution in [0, 0.1) is 22.7 Å². The van der Waals surface area contributed by atoms with Gasteiger partial charge >= 0.3 is 5.97 Å². The molecule has 4 atom stereocenters. The number of hydrogen-bond acceptors (Lipinski definition) is 3. The van der Waals surface area contributed by atoms with Crippen molar-refractivity contribution in [1.82, 2.24) is 0 Å². The first-order valence-corrected chi connectivity index (χ1v) is 10.8. The molecule has 0 spiro atoms. The number of nitrogens with one attached hydrogen (secondary N) is 1. The van der Waals surface area contributed by atoms with Crippen LogP contribution in [0.4, 0.5) is 0 Å². The number of quaternary nitrogens is 1. The van der Waals surface area contributed by atoms with E-state index in [0.29, 0.717) is 11.8 Å². The summed E-state index contributed by atoms with van der Waals surface area (Å²) in [5, 5.41) is 0. The van der Waals surface area contributed by atoms with Gasteiger partial charge in [0.15, 0.2) is 5.76 Å². The van der Waals surface area contributed by atoms with E-state index in [9.17, 15) is 4.79 Å². The highest BCUT2D eigenvalue weighted by Crippen LogP contribution is 2.62. The summed E-state index contributed by atoms with van der Waals surface area (Å²) in [4.78, 5) is 14.1. The maximum absolute atomic E-state index is 12.7. The van der Waals surface area contributed by atoms with Gasteiger partial charge in [0.1, 0.15) is 6.54 Å². The van der Waals surface area contributed by atoms with Gasteiger partial charge in [-0.25, -0.2) is 0 Å². The summed E-state index contributed by atoms with van der Waals surface area (Å²) in [7, 11) is 5.83. The Morgan fingerprint density at radius 3 is 2.79 bits per heavy atom. The highest BCUT2D eigenvalue weighted by atomic mass is 16.5. The highest BCUT2D eigenvalue weighted by Gasteiger charge is 2.57. The van der Waals surface area contributed by atoms with E-state index in [4.69, 9.17) is 9.15 Å². The van der Waals surface area contributed by atoms with Gasteiger partial charge in [-0.2, -0.15) is 0 Å². The fraction of sp³-hybridized carbons (Fsp3) is 0.708. The first-order chi connectivity index (χ1) is 13.2. The van der Waals surface area contributed by atoms with Crippen LogP contribution < -0.4 is 4.90 Å². The van der Waals surface area contributed by atoms with E-state index >= 15 is 0 Å². The number of allylic oxidation sites excluding steroid dienone is 1. The molecule has 3 rings (SSSR count). The molecule has 0 radical (unpaired) electrons. The SMILES string of the molecule is C=C1CC[C@@H]2[C@](C)(CCC[C@]2(C)C(=O)OC)[C@H]1CCc1ccoc1C[NH+](C)C. The molecule has 2 aliphatic rings. The maximum Gasteiger partial charge on any atom is 0.311 e. The van der Waals surface area contributed by atoms with Crippen molar-refractivity contribution < 1.29 is 18.8 Å². The smallest absolute Gasteiger partial charge is 0.311 e. The van der Waals surface area contributed by atoms with Gasteiger partial charge in [-0.15, -0.1) is 0 Å². The lowest BCUT2D eigenvalue weighted by Gasteiger charge is -2.57. The molecule has 0 unspecified atom stereocenters. The number of carbonyl (C=O) groups excluding carboxylic acids is 1. The third kappa shape index (κ3) is 3.68. The standard InChI is InChI=1S/C24H37NO3/c1-17-8-11-21-23(2,13-7-14-24(21,3)22(26)27-6)19(17)10-9-18-12-15-28-20(18)16-25(4)5/h12,15,19,21H,1,7-11,13-14,16H2,2-6H3/p+1/t19-,21+,23+,24-/m0/s1. The van der Waals surface area contributed by atoms with Crippen LogP contribution in [0.25, 0.3) is 0 Å². The Hall–Kier alpha value is -1.55. The summed E-state index contributed by atoms with van der Waals surface area (Å²) in [6.07, 6.45) is 9.20. The monoisotopic (exact) mass is 388 g/mol. The number of ether oxygens (including phenoxy) is 1. The fourth-order valence-corrected chi connectivity index (χ4v) is 6.33. The van der Waals surface area contributed by atoms with Crippen LogP contribution >= 0.6 is 0 Å². The minimum Gasteiger partial charge on any atom is -0.469 e. The van der Waals surface area contributed by atoms with Crippen molar-refractivity contribution in [3.8, 4) is 0 Å². The van der Waals surface area contributed by atoms with Crippen LogP contribution in [-0.4, -0.2) is 27.2 Å². The van der Waals surface area contributed by atoms with E-state index in [1.807, 2.05) is 6.26 Å². The van der Waals surface area contributed by atoms with Crippen LogP contribution in [0.5, 0.6) is 0 Å². The molecule has 0 saturated heterocycles. The predicted molar refractivity (Wildman–Crippen MR) is 111 cm³/mol. The molecule has 28 heavy (non-hydrogen) atoms. The van der Waals surface area contributed by atoms with E-state index in [1.54, 1.807) is 0 Å².